The molecule has 0 bridgehead atoms. The first kappa shape index (κ1) is 19.2. The summed E-state index contributed by atoms with van der Waals surface area (Å²) < 4.78 is 5.30. The molecule has 3 rings (SSSR count). The number of benzene rings is 3. The zero-order valence-corrected chi connectivity index (χ0v) is 16.1. The Morgan fingerprint density at radius 1 is 0.750 bits per heavy atom. The Bertz CT molecular complexity index is 1030. The van der Waals surface area contributed by atoms with Crippen molar-refractivity contribution in [1.29, 1.82) is 0 Å². The Labute approximate surface area is 164 Å². The average Bonchev–Trinajstić information content (AvgIpc) is 2.68. The van der Waals surface area contributed by atoms with Crippen molar-refractivity contribution < 1.29 is 14.3 Å². The molecule has 5 nitrogen and oxygen atoms in total. The molecular formula is C23H22N2O3. The highest BCUT2D eigenvalue weighted by Gasteiger charge is 2.13. The molecule has 0 fully saturated rings. The fourth-order valence-corrected chi connectivity index (χ4v) is 2.84. The Hall–Kier alpha value is -3.60. The highest BCUT2D eigenvalue weighted by Crippen LogP contribution is 2.26. The lowest BCUT2D eigenvalue weighted by Gasteiger charge is -2.12. The number of nitrogens with one attached hydrogen (secondary N) is 2. The molecular weight excluding hydrogens is 352 g/mol. The topological polar surface area (TPSA) is 67.4 Å². The molecule has 0 radical (unpaired) electrons. The SMILES string of the molecule is COc1ccc(C)cc1NC(=O)c1cccc(C(=O)Nc2cccc(C)c2)c1. The molecule has 0 aliphatic rings. The third kappa shape index (κ3) is 4.57. The third-order valence-corrected chi connectivity index (χ3v) is 4.27. The molecule has 0 saturated carbocycles. The van der Waals surface area contributed by atoms with Gasteiger partial charge in [-0.15, -0.1) is 0 Å². The van der Waals surface area contributed by atoms with Crippen LogP contribution in [0.15, 0.2) is 66.7 Å². The summed E-state index contributed by atoms with van der Waals surface area (Å²) in [6.45, 7) is 3.89. The molecule has 3 aromatic rings. The number of rotatable bonds is 5. The average molecular weight is 374 g/mol. The molecule has 0 aliphatic carbocycles. The molecule has 0 heterocycles. The Morgan fingerprint density at radius 2 is 1.39 bits per heavy atom. The summed E-state index contributed by atoms with van der Waals surface area (Å²) >= 11 is 0. The maximum atomic E-state index is 12.7. The summed E-state index contributed by atoms with van der Waals surface area (Å²) in [4.78, 5) is 25.2. The largest absolute Gasteiger partial charge is 0.495 e. The minimum absolute atomic E-state index is 0.270. The van der Waals surface area contributed by atoms with Gasteiger partial charge in [0.15, 0.2) is 0 Å². The summed E-state index contributed by atoms with van der Waals surface area (Å²) in [5.41, 5.74) is 4.15. The minimum Gasteiger partial charge on any atom is -0.495 e. The van der Waals surface area contributed by atoms with Gasteiger partial charge in [-0.2, -0.15) is 0 Å². The van der Waals surface area contributed by atoms with Gasteiger partial charge in [-0.1, -0.05) is 24.3 Å². The zero-order valence-electron chi connectivity index (χ0n) is 16.1. The van der Waals surface area contributed by atoms with E-state index < -0.39 is 0 Å². The van der Waals surface area contributed by atoms with Crippen molar-refractivity contribution in [2.24, 2.45) is 0 Å². The summed E-state index contributed by atoms with van der Waals surface area (Å²) in [7, 11) is 1.55. The van der Waals surface area contributed by atoms with Gasteiger partial charge >= 0.3 is 0 Å². The first-order chi connectivity index (χ1) is 13.5. The number of methoxy groups -OCH3 is 1. The maximum absolute atomic E-state index is 12.7. The van der Waals surface area contributed by atoms with E-state index in [0.717, 1.165) is 11.1 Å². The number of carbonyl (C=O) groups is 2. The van der Waals surface area contributed by atoms with Gasteiger partial charge in [0.2, 0.25) is 0 Å². The zero-order chi connectivity index (χ0) is 20.1. The molecule has 0 spiro atoms. The number of ether oxygens (including phenoxy) is 1. The lowest BCUT2D eigenvalue weighted by atomic mass is 10.1. The molecule has 0 saturated heterocycles. The van der Waals surface area contributed by atoms with Gasteiger partial charge in [0.05, 0.1) is 12.8 Å². The molecule has 0 unspecified atom stereocenters. The molecule has 28 heavy (non-hydrogen) atoms. The predicted octanol–water partition coefficient (Wildman–Crippen LogP) is 4.82. The molecule has 5 heteroatoms. The van der Waals surface area contributed by atoms with Gasteiger partial charge in [-0.05, 0) is 67.4 Å². The number of aryl methyl sites for hydroxylation is 2. The van der Waals surface area contributed by atoms with Gasteiger partial charge in [-0.25, -0.2) is 0 Å². The third-order valence-electron chi connectivity index (χ3n) is 4.27. The van der Waals surface area contributed by atoms with Crippen LogP contribution in [0.25, 0.3) is 0 Å². The van der Waals surface area contributed by atoms with Crippen molar-refractivity contribution in [3.63, 3.8) is 0 Å². The molecule has 0 atom stereocenters. The lowest BCUT2D eigenvalue weighted by molar-refractivity contribution is 0.102. The van der Waals surface area contributed by atoms with Crippen molar-refractivity contribution in [1.82, 2.24) is 0 Å². The molecule has 0 aromatic heterocycles. The van der Waals surface area contributed by atoms with Crippen LogP contribution in [0.3, 0.4) is 0 Å². The van der Waals surface area contributed by atoms with Crippen LogP contribution in [0.5, 0.6) is 5.75 Å². The Kier molecular flexibility index (Phi) is 5.75. The van der Waals surface area contributed by atoms with Crippen LogP contribution in [-0.4, -0.2) is 18.9 Å². The van der Waals surface area contributed by atoms with Gasteiger partial charge in [0.1, 0.15) is 5.75 Å². The normalized spacial score (nSPS) is 10.2. The monoisotopic (exact) mass is 374 g/mol. The van der Waals surface area contributed by atoms with Crippen molar-refractivity contribution in [2.45, 2.75) is 13.8 Å². The molecule has 3 aromatic carbocycles. The van der Waals surface area contributed by atoms with E-state index in [4.69, 9.17) is 4.74 Å². The van der Waals surface area contributed by atoms with Gasteiger partial charge < -0.3 is 15.4 Å². The first-order valence-electron chi connectivity index (χ1n) is 8.90. The number of hydrogen-bond donors (Lipinski definition) is 2. The van der Waals surface area contributed by atoms with Crippen LogP contribution >= 0.6 is 0 Å². The van der Waals surface area contributed by atoms with Gasteiger partial charge in [0.25, 0.3) is 11.8 Å². The second kappa shape index (κ2) is 8.39. The standard InChI is InChI=1S/C23H22N2O3/c1-15-6-4-9-19(12-15)24-22(26)17-7-5-8-18(14-17)23(27)25-20-13-16(2)10-11-21(20)28-3/h4-14H,1-3H3,(H,24,26)(H,25,27). The fraction of sp³-hybridized carbons (Fsp3) is 0.130. The van der Waals surface area contributed by atoms with E-state index in [2.05, 4.69) is 10.6 Å². The van der Waals surface area contributed by atoms with Crippen LogP contribution in [0.2, 0.25) is 0 Å². The summed E-state index contributed by atoms with van der Waals surface area (Å²) in [5, 5.41) is 5.70. The van der Waals surface area contributed by atoms with Crippen molar-refractivity contribution >= 4 is 23.2 Å². The quantitative estimate of drug-likeness (QED) is 0.673. The second-order valence-electron chi connectivity index (χ2n) is 6.56. The van der Waals surface area contributed by atoms with E-state index in [1.807, 2.05) is 50.2 Å². The fourth-order valence-electron chi connectivity index (χ4n) is 2.84. The first-order valence-corrected chi connectivity index (χ1v) is 8.90. The lowest BCUT2D eigenvalue weighted by Crippen LogP contribution is -2.16. The van der Waals surface area contributed by atoms with E-state index in [1.165, 1.54) is 0 Å². The highest BCUT2D eigenvalue weighted by atomic mass is 16.5. The summed E-state index contributed by atoms with van der Waals surface area (Å²) in [6.07, 6.45) is 0. The van der Waals surface area contributed by atoms with Gasteiger partial charge in [0, 0.05) is 16.8 Å². The molecule has 2 amide bonds. The summed E-state index contributed by atoms with van der Waals surface area (Å²) in [5.74, 6) is -0.00483. The van der Waals surface area contributed by atoms with E-state index >= 15 is 0 Å². The molecule has 2 N–H and O–H groups in total. The smallest absolute Gasteiger partial charge is 0.255 e. The molecule has 0 aliphatic heterocycles. The van der Waals surface area contributed by atoms with E-state index in [0.29, 0.717) is 28.3 Å². The van der Waals surface area contributed by atoms with E-state index in [1.54, 1.807) is 37.4 Å². The van der Waals surface area contributed by atoms with Crippen LogP contribution < -0.4 is 15.4 Å². The minimum atomic E-state index is -0.311. The van der Waals surface area contributed by atoms with Crippen LogP contribution in [0.1, 0.15) is 31.8 Å². The van der Waals surface area contributed by atoms with E-state index in [-0.39, 0.29) is 11.8 Å². The van der Waals surface area contributed by atoms with Crippen LogP contribution in [-0.2, 0) is 0 Å². The van der Waals surface area contributed by atoms with Crippen LogP contribution in [0, 0.1) is 13.8 Å². The number of anilines is 2. The second-order valence-corrected chi connectivity index (χ2v) is 6.56. The van der Waals surface area contributed by atoms with Crippen molar-refractivity contribution in [3.05, 3.63) is 89.0 Å². The summed E-state index contributed by atoms with van der Waals surface area (Å²) in [6, 6.07) is 19.7. The van der Waals surface area contributed by atoms with Crippen LogP contribution in [0.4, 0.5) is 11.4 Å². The Balaban J connectivity index is 1.78. The number of amides is 2. The van der Waals surface area contributed by atoms with E-state index in [9.17, 15) is 9.59 Å². The number of hydrogen-bond acceptors (Lipinski definition) is 3. The molecule has 142 valence electrons. The number of carbonyl (C=O) groups excluding carboxylic acids is 2. The highest BCUT2D eigenvalue weighted by molar-refractivity contribution is 6.09. The Morgan fingerprint density at radius 3 is 2.07 bits per heavy atom. The predicted molar refractivity (Wildman–Crippen MR) is 111 cm³/mol. The van der Waals surface area contributed by atoms with Gasteiger partial charge in [-0.3, -0.25) is 9.59 Å². The van der Waals surface area contributed by atoms with Crippen molar-refractivity contribution in [3.8, 4) is 5.75 Å². The van der Waals surface area contributed by atoms with Crippen molar-refractivity contribution in [2.75, 3.05) is 17.7 Å². The maximum Gasteiger partial charge on any atom is 0.255 e.